The van der Waals surface area contributed by atoms with Gasteiger partial charge in [-0.1, -0.05) is 13.3 Å². The monoisotopic (exact) mass is 393 g/mol. The third-order valence-electron chi connectivity index (χ3n) is 5.17. The van der Waals surface area contributed by atoms with Crippen molar-refractivity contribution in [3.05, 3.63) is 17.8 Å². The van der Waals surface area contributed by atoms with Crippen LogP contribution >= 0.6 is 0 Å². The molecule has 0 spiro atoms. The average Bonchev–Trinajstić information content (AvgIpc) is 3.46. The minimum Gasteiger partial charge on any atom is -0.446 e. The van der Waals surface area contributed by atoms with E-state index in [0.29, 0.717) is 25.4 Å². The van der Waals surface area contributed by atoms with Crippen molar-refractivity contribution in [1.82, 2.24) is 15.2 Å². The van der Waals surface area contributed by atoms with E-state index in [1.54, 1.807) is 4.90 Å². The summed E-state index contributed by atoms with van der Waals surface area (Å²) in [6.07, 6.45) is 7.78. The molecular weight excluding hydrogens is 362 g/mol. The molecule has 0 bridgehead atoms. The number of hydrogen-bond donors (Lipinski definition) is 1. The van der Waals surface area contributed by atoms with Crippen LogP contribution in [0, 0.1) is 0 Å². The van der Waals surface area contributed by atoms with E-state index in [1.807, 2.05) is 0 Å². The lowest BCUT2D eigenvalue weighted by Gasteiger charge is -2.24. The first-order valence-corrected chi connectivity index (χ1v) is 10.4. The fourth-order valence-corrected chi connectivity index (χ4v) is 3.53. The van der Waals surface area contributed by atoms with Gasteiger partial charge in [-0.05, 0) is 32.1 Å². The quantitative estimate of drug-likeness (QED) is 0.655. The van der Waals surface area contributed by atoms with Crippen molar-refractivity contribution in [2.45, 2.75) is 70.6 Å². The molecule has 2 saturated heterocycles. The lowest BCUT2D eigenvalue weighted by Crippen LogP contribution is -2.37. The van der Waals surface area contributed by atoms with Gasteiger partial charge in [0.15, 0.2) is 5.69 Å². The molecule has 3 rings (SSSR count). The van der Waals surface area contributed by atoms with E-state index in [4.69, 9.17) is 13.9 Å². The second-order valence-corrected chi connectivity index (χ2v) is 7.48. The van der Waals surface area contributed by atoms with Gasteiger partial charge in [0.25, 0.3) is 5.91 Å². The lowest BCUT2D eigenvalue weighted by molar-refractivity contribution is -0.133. The highest BCUT2D eigenvalue weighted by Gasteiger charge is 2.24. The van der Waals surface area contributed by atoms with Crippen LogP contribution in [0.25, 0.3) is 0 Å². The maximum Gasteiger partial charge on any atom is 0.273 e. The Labute approximate surface area is 165 Å². The predicted octanol–water partition coefficient (Wildman–Crippen LogP) is 2.28. The van der Waals surface area contributed by atoms with Crippen molar-refractivity contribution in [3.8, 4) is 0 Å². The molecule has 28 heavy (non-hydrogen) atoms. The van der Waals surface area contributed by atoms with E-state index < -0.39 is 0 Å². The van der Waals surface area contributed by atoms with Crippen molar-refractivity contribution in [3.63, 3.8) is 0 Å². The van der Waals surface area contributed by atoms with Gasteiger partial charge in [0, 0.05) is 32.7 Å². The van der Waals surface area contributed by atoms with Gasteiger partial charge >= 0.3 is 0 Å². The van der Waals surface area contributed by atoms with Gasteiger partial charge in [0.05, 0.1) is 18.8 Å². The third-order valence-corrected chi connectivity index (χ3v) is 5.17. The summed E-state index contributed by atoms with van der Waals surface area (Å²) in [7, 11) is 0. The molecule has 3 heterocycles. The Hall–Kier alpha value is -1.93. The van der Waals surface area contributed by atoms with E-state index >= 15 is 0 Å². The minimum atomic E-state index is -0.284. The summed E-state index contributed by atoms with van der Waals surface area (Å²) >= 11 is 0. The van der Waals surface area contributed by atoms with Crippen LogP contribution < -0.4 is 5.32 Å². The number of rotatable bonds is 10. The molecule has 2 aliphatic heterocycles. The first kappa shape index (κ1) is 20.8. The Morgan fingerprint density at radius 2 is 1.96 bits per heavy atom. The molecule has 2 unspecified atom stereocenters. The molecule has 8 heteroatoms. The molecule has 0 saturated carbocycles. The topological polar surface area (TPSA) is 93.9 Å². The number of hydrogen-bond acceptors (Lipinski definition) is 6. The van der Waals surface area contributed by atoms with Crippen LogP contribution in [-0.2, 0) is 20.8 Å². The van der Waals surface area contributed by atoms with Gasteiger partial charge in [-0.2, -0.15) is 0 Å². The van der Waals surface area contributed by atoms with Gasteiger partial charge in [-0.3, -0.25) is 9.59 Å². The fraction of sp³-hybridized carbons (Fsp3) is 0.750. The Balaban J connectivity index is 1.55. The number of aromatic nitrogens is 1. The molecule has 2 fully saturated rings. The molecule has 2 amide bonds. The highest BCUT2D eigenvalue weighted by Crippen LogP contribution is 2.17. The average molecular weight is 393 g/mol. The number of nitrogens with one attached hydrogen (secondary N) is 1. The number of nitrogens with zero attached hydrogens (tertiary/aromatic N) is 2. The van der Waals surface area contributed by atoms with Crippen molar-refractivity contribution in [1.29, 1.82) is 0 Å². The van der Waals surface area contributed by atoms with Crippen LogP contribution in [0.1, 0.15) is 68.2 Å². The zero-order valence-electron chi connectivity index (χ0n) is 16.7. The summed E-state index contributed by atoms with van der Waals surface area (Å²) < 4.78 is 16.7. The summed E-state index contributed by atoms with van der Waals surface area (Å²) in [4.78, 5) is 30.9. The second-order valence-electron chi connectivity index (χ2n) is 7.48. The number of unbranched alkanes of at least 4 members (excludes halogenated alkanes) is 1. The number of oxazole rings is 1. The normalized spacial score (nSPS) is 21.8. The summed E-state index contributed by atoms with van der Waals surface area (Å²) in [5, 5.41) is 2.83. The maximum absolute atomic E-state index is 12.6. The summed E-state index contributed by atoms with van der Waals surface area (Å²) in [6.45, 7) is 4.82. The van der Waals surface area contributed by atoms with E-state index in [9.17, 15) is 9.59 Å². The van der Waals surface area contributed by atoms with E-state index in [0.717, 1.165) is 51.7 Å². The van der Waals surface area contributed by atoms with Crippen molar-refractivity contribution < 1.29 is 23.5 Å². The van der Waals surface area contributed by atoms with Crippen molar-refractivity contribution in [2.75, 3.05) is 26.3 Å². The first-order chi connectivity index (χ1) is 13.7. The summed E-state index contributed by atoms with van der Waals surface area (Å²) in [6, 6.07) is 0. The predicted molar refractivity (Wildman–Crippen MR) is 102 cm³/mol. The van der Waals surface area contributed by atoms with Crippen LogP contribution in [0.5, 0.6) is 0 Å². The Morgan fingerprint density at radius 1 is 1.21 bits per heavy atom. The largest absolute Gasteiger partial charge is 0.446 e. The first-order valence-electron chi connectivity index (χ1n) is 10.4. The Bertz CT molecular complexity index is 636. The van der Waals surface area contributed by atoms with Gasteiger partial charge in [0.2, 0.25) is 11.8 Å². The molecule has 8 nitrogen and oxygen atoms in total. The highest BCUT2D eigenvalue weighted by molar-refractivity contribution is 5.91. The maximum atomic E-state index is 12.6. The number of ether oxygens (including phenoxy) is 2. The van der Waals surface area contributed by atoms with Gasteiger partial charge in [0.1, 0.15) is 6.26 Å². The summed E-state index contributed by atoms with van der Waals surface area (Å²) in [5.74, 6) is 0.151. The zero-order valence-corrected chi connectivity index (χ0v) is 16.7. The molecule has 2 aliphatic rings. The molecule has 0 radical (unpaired) electrons. The molecule has 0 aromatic carbocycles. The van der Waals surface area contributed by atoms with Crippen molar-refractivity contribution >= 4 is 11.8 Å². The Morgan fingerprint density at radius 3 is 2.64 bits per heavy atom. The van der Waals surface area contributed by atoms with Crippen molar-refractivity contribution in [2.24, 2.45) is 0 Å². The van der Waals surface area contributed by atoms with Crippen LogP contribution in [-0.4, -0.2) is 60.2 Å². The standard InChI is InChI=1S/C20H31N3O5/c1-2-3-8-19(24)23(12-16-7-5-10-27-16)13-18-22-17(14-28-18)20(25)21-11-15-6-4-9-26-15/h14-16H,2-13H2,1H3,(H,21,25). The second kappa shape index (κ2) is 10.6. The minimum absolute atomic E-state index is 0.0646. The van der Waals surface area contributed by atoms with Gasteiger partial charge in [-0.25, -0.2) is 4.98 Å². The zero-order chi connectivity index (χ0) is 19.8. The number of amides is 2. The smallest absolute Gasteiger partial charge is 0.273 e. The van der Waals surface area contributed by atoms with Gasteiger partial charge in [-0.15, -0.1) is 0 Å². The van der Waals surface area contributed by atoms with Crippen LogP contribution in [0.4, 0.5) is 0 Å². The van der Waals surface area contributed by atoms with Crippen LogP contribution in [0.15, 0.2) is 10.7 Å². The SMILES string of the molecule is CCCCC(=O)N(Cc1nc(C(=O)NCC2CCCO2)co1)CC1CCCO1. The van der Waals surface area contributed by atoms with Gasteiger partial charge < -0.3 is 24.1 Å². The van der Waals surface area contributed by atoms with E-state index in [2.05, 4.69) is 17.2 Å². The van der Waals surface area contributed by atoms with Crippen LogP contribution in [0.3, 0.4) is 0 Å². The highest BCUT2D eigenvalue weighted by atomic mass is 16.5. The van der Waals surface area contributed by atoms with Crippen LogP contribution in [0.2, 0.25) is 0 Å². The molecule has 1 aromatic heterocycles. The fourth-order valence-electron chi connectivity index (χ4n) is 3.53. The Kier molecular flexibility index (Phi) is 7.85. The molecule has 0 aliphatic carbocycles. The third kappa shape index (κ3) is 6.04. The molecule has 1 N–H and O–H groups in total. The van der Waals surface area contributed by atoms with E-state index in [-0.39, 0.29) is 36.3 Å². The number of carbonyl (C=O) groups is 2. The molecular formula is C20H31N3O5. The summed E-state index contributed by atoms with van der Waals surface area (Å²) in [5.41, 5.74) is 0.228. The molecule has 2 atom stereocenters. The lowest BCUT2D eigenvalue weighted by atomic mass is 10.2. The molecule has 1 aromatic rings. The van der Waals surface area contributed by atoms with E-state index in [1.165, 1.54) is 6.26 Å². The number of carbonyl (C=O) groups excluding carboxylic acids is 2. The molecule has 156 valence electrons.